The second-order valence-electron chi connectivity index (χ2n) is 3.00. The Kier molecular flexibility index (Phi) is 4.96. The summed E-state index contributed by atoms with van der Waals surface area (Å²) in [7, 11) is 0. The van der Waals surface area contributed by atoms with E-state index >= 15 is 0 Å². The van der Waals surface area contributed by atoms with Gasteiger partial charge in [0.15, 0.2) is 0 Å². The molecule has 0 bridgehead atoms. The van der Waals surface area contributed by atoms with Gasteiger partial charge in [0, 0.05) is 6.04 Å². The molecule has 1 aromatic carbocycles. The number of hydrogen-bond donors (Lipinski definition) is 1. The van der Waals surface area contributed by atoms with Crippen LogP contribution >= 0.6 is 12.4 Å². The lowest BCUT2D eigenvalue weighted by atomic mass is 10.0. The average Bonchev–Trinajstić information content (AvgIpc) is 2.15. The molecule has 0 unspecified atom stereocenters. The van der Waals surface area contributed by atoms with Crippen LogP contribution in [0.15, 0.2) is 30.9 Å². The molecule has 0 spiro atoms. The van der Waals surface area contributed by atoms with E-state index < -0.39 is 23.6 Å². The topological polar surface area (TPSA) is 26.0 Å². The molecule has 6 heteroatoms. The minimum Gasteiger partial charge on any atom is -0.321 e. The Balaban J connectivity index is 0.00000225. The van der Waals surface area contributed by atoms with E-state index in [1.54, 1.807) is 0 Å². The summed E-state index contributed by atoms with van der Waals surface area (Å²) in [4.78, 5) is 0. The van der Waals surface area contributed by atoms with Crippen molar-refractivity contribution in [1.29, 1.82) is 0 Å². The number of rotatable bonds is 2. The molecule has 0 amide bonds. The van der Waals surface area contributed by atoms with Gasteiger partial charge in [0.25, 0.3) is 0 Å². The quantitative estimate of drug-likeness (QED) is 0.636. The van der Waals surface area contributed by atoms with Gasteiger partial charge in [-0.2, -0.15) is 13.2 Å². The highest BCUT2D eigenvalue weighted by Crippen LogP contribution is 2.32. The Morgan fingerprint density at radius 2 is 1.88 bits per heavy atom. The Hall–Kier alpha value is -1.07. The van der Waals surface area contributed by atoms with Crippen LogP contribution in [0.3, 0.4) is 0 Å². The summed E-state index contributed by atoms with van der Waals surface area (Å²) in [6, 6.07) is 1.92. The van der Waals surface area contributed by atoms with E-state index in [4.69, 9.17) is 5.73 Å². The average molecular weight is 256 g/mol. The minimum atomic E-state index is -4.71. The standard InChI is InChI=1S/C10H9F4N.ClH/c1-2-9(15)6-3-4-8(11)7(5-6)10(12,13)14;/h2-5,9H,1,15H2;1H/t9-;/m1./s1. The molecule has 0 saturated heterocycles. The van der Waals surface area contributed by atoms with E-state index in [2.05, 4.69) is 6.58 Å². The van der Waals surface area contributed by atoms with Crippen LogP contribution in [0.1, 0.15) is 17.2 Å². The summed E-state index contributed by atoms with van der Waals surface area (Å²) in [5, 5.41) is 0. The molecule has 0 heterocycles. The van der Waals surface area contributed by atoms with Crippen LogP contribution in [-0.2, 0) is 6.18 Å². The normalized spacial score (nSPS) is 12.8. The fourth-order valence-electron chi connectivity index (χ4n) is 1.10. The molecule has 0 aliphatic heterocycles. The van der Waals surface area contributed by atoms with Crippen LogP contribution in [-0.4, -0.2) is 0 Å². The highest BCUT2D eigenvalue weighted by Gasteiger charge is 2.34. The number of nitrogens with two attached hydrogens (primary N) is 1. The first-order chi connectivity index (χ1) is 6.86. The molecule has 1 aromatic rings. The van der Waals surface area contributed by atoms with Crippen molar-refractivity contribution in [2.75, 3.05) is 0 Å². The van der Waals surface area contributed by atoms with Crippen molar-refractivity contribution in [2.24, 2.45) is 5.73 Å². The molecule has 0 saturated carbocycles. The molecular formula is C10H10ClF4N. The zero-order valence-corrected chi connectivity index (χ0v) is 8.91. The first-order valence-corrected chi connectivity index (χ1v) is 4.11. The first-order valence-electron chi connectivity index (χ1n) is 4.11. The fourth-order valence-corrected chi connectivity index (χ4v) is 1.10. The highest BCUT2D eigenvalue weighted by atomic mass is 35.5. The summed E-state index contributed by atoms with van der Waals surface area (Å²) in [5.41, 5.74) is 4.32. The predicted molar refractivity (Wildman–Crippen MR) is 55.8 cm³/mol. The Morgan fingerprint density at radius 1 is 1.31 bits per heavy atom. The monoisotopic (exact) mass is 255 g/mol. The Bertz CT molecular complexity index is 376. The van der Waals surface area contributed by atoms with Crippen LogP contribution in [0, 0.1) is 5.82 Å². The van der Waals surface area contributed by atoms with Crippen molar-refractivity contribution in [1.82, 2.24) is 0 Å². The summed E-state index contributed by atoms with van der Waals surface area (Å²) in [5.74, 6) is -1.30. The van der Waals surface area contributed by atoms with Crippen molar-refractivity contribution >= 4 is 12.4 Å². The van der Waals surface area contributed by atoms with Crippen molar-refractivity contribution in [3.05, 3.63) is 47.8 Å². The molecule has 1 rings (SSSR count). The molecule has 90 valence electrons. The molecule has 0 aliphatic rings. The maximum atomic E-state index is 12.8. The minimum absolute atomic E-state index is 0. The van der Waals surface area contributed by atoms with Gasteiger partial charge in [0.05, 0.1) is 5.56 Å². The third-order valence-electron chi connectivity index (χ3n) is 1.93. The zero-order valence-electron chi connectivity index (χ0n) is 8.09. The SMILES string of the molecule is C=C[C@@H](N)c1ccc(F)c(C(F)(F)F)c1.Cl. The molecule has 0 aliphatic carbocycles. The number of hydrogen-bond acceptors (Lipinski definition) is 1. The van der Waals surface area contributed by atoms with Crippen LogP contribution < -0.4 is 5.73 Å². The molecule has 0 fully saturated rings. The summed E-state index contributed by atoms with van der Waals surface area (Å²) in [6.07, 6.45) is -3.42. The lowest BCUT2D eigenvalue weighted by molar-refractivity contribution is -0.140. The number of halogens is 5. The zero-order chi connectivity index (χ0) is 11.6. The summed E-state index contributed by atoms with van der Waals surface area (Å²) >= 11 is 0. The van der Waals surface area contributed by atoms with Gasteiger partial charge in [-0.05, 0) is 17.7 Å². The van der Waals surface area contributed by atoms with Crippen molar-refractivity contribution in [3.63, 3.8) is 0 Å². The van der Waals surface area contributed by atoms with Gasteiger partial charge in [-0.3, -0.25) is 0 Å². The third-order valence-corrected chi connectivity index (χ3v) is 1.93. The van der Waals surface area contributed by atoms with Gasteiger partial charge in [0.1, 0.15) is 5.82 Å². The van der Waals surface area contributed by atoms with Crippen molar-refractivity contribution in [2.45, 2.75) is 12.2 Å². The molecule has 0 aromatic heterocycles. The second kappa shape index (κ2) is 5.32. The maximum absolute atomic E-state index is 12.8. The lowest BCUT2D eigenvalue weighted by Gasteiger charge is -2.12. The highest BCUT2D eigenvalue weighted by molar-refractivity contribution is 5.85. The maximum Gasteiger partial charge on any atom is 0.419 e. The van der Waals surface area contributed by atoms with Gasteiger partial charge in [-0.15, -0.1) is 19.0 Å². The van der Waals surface area contributed by atoms with E-state index in [0.717, 1.165) is 6.07 Å². The van der Waals surface area contributed by atoms with Crippen molar-refractivity contribution < 1.29 is 17.6 Å². The van der Waals surface area contributed by atoms with Gasteiger partial charge >= 0.3 is 6.18 Å². The van der Waals surface area contributed by atoms with Gasteiger partial charge in [-0.1, -0.05) is 12.1 Å². The molecular weight excluding hydrogens is 246 g/mol. The van der Waals surface area contributed by atoms with Crippen LogP contribution in [0.2, 0.25) is 0 Å². The van der Waals surface area contributed by atoms with E-state index in [0.29, 0.717) is 6.07 Å². The van der Waals surface area contributed by atoms with E-state index in [9.17, 15) is 17.6 Å². The van der Waals surface area contributed by atoms with Gasteiger partial charge in [-0.25, -0.2) is 4.39 Å². The van der Waals surface area contributed by atoms with Gasteiger partial charge < -0.3 is 5.73 Å². The molecule has 0 radical (unpaired) electrons. The van der Waals surface area contributed by atoms with E-state index in [1.165, 1.54) is 12.1 Å². The van der Waals surface area contributed by atoms with Gasteiger partial charge in [0.2, 0.25) is 0 Å². The number of benzene rings is 1. The van der Waals surface area contributed by atoms with Crippen LogP contribution in [0.4, 0.5) is 17.6 Å². The largest absolute Gasteiger partial charge is 0.419 e. The summed E-state index contributed by atoms with van der Waals surface area (Å²) < 4.78 is 49.7. The van der Waals surface area contributed by atoms with E-state index in [1.807, 2.05) is 0 Å². The second-order valence-corrected chi connectivity index (χ2v) is 3.00. The molecule has 2 N–H and O–H groups in total. The lowest BCUT2D eigenvalue weighted by Crippen LogP contribution is -2.12. The molecule has 16 heavy (non-hydrogen) atoms. The van der Waals surface area contributed by atoms with Crippen LogP contribution in [0.25, 0.3) is 0 Å². The Labute approximate surface area is 96.4 Å². The molecule has 1 nitrogen and oxygen atoms in total. The number of alkyl halides is 3. The van der Waals surface area contributed by atoms with E-state index in [-0.39, 0.29) is 18.0 Å². The Morgan fingerprint density at radius 3 is 2.31 bits per heavy atom. The predicted octanol–water partition coefficient (Wildman–Crippen LogP) is 3.45. The van der Waals surface area contributed by atoms with Crippen LogP contribution in [0.5, 0.6) is 0 Å². The molecule has 1 atom stereocenters. The smallest absolute Gasteiger partial charge is 0.321 e. The fraction of sp³-hybridized carbons (Fsp3) is 0.200. The van der Waals surface area contributed by atoms with Crippen molar-refractivity contribution in [3.8, 4) is 0 Å². The third kappa shape index (κ3) is 3.21. The summed E-state index contributed by atoms with van der Waals surface area (Å²) in [6.45, 7) is 3.35. The first kappa shape index (κ1) is 14.9.